The fourth-order valence-corrected chi connectivity index (χ4v) is 2.58. The van der Waals surface area contributed by atoms with Gasteiger partial charge in [-0.1, -0.05) is 18.2 Å². The zero-order valence-corrected chi connectivity index (χ0v) is 10.9. The molecule has 1 aliphatic heterocycles. The standard InChI is InChI=1S/C15H19NO3/c17-10-15(6-7-15)9-16-14(18)12-5-8-19-13-4-2-1-3-11(12)13/h1-4,12,17H,5-10H2,(H,16,18). The first-order chi connectivity index (χ1) is 9.24. The summed E-state index contributed by atoms with van der Waals surface area (Å²) in [6, 6.07) is 7.72. The molecule has 0 spiro atoms. The van der Waals surface area contributed by atoms with Gasteiger partial charge in [0.15, 0.2) is 0 Å². The first-order valence-electron chi connectivity index (χ1n) is 6.84. The number of amides is 1. The van der Waals surface area contributed by atoms with Crippen LogP contribution < -0.4 is 10.1 Å². The van der Waals surface area contributed by atoms with E-state index in [-0.39, 0.29) is 23.8 Å². The highest BCUT2D eigenvalue weighted by Gasteiger charge is 2.42. The Balaban J connectivity index is 1.67. The predicted octanol–water partition coefficient (Wildman–Crippen LogP) is 1.44. The molecule has 0 saturated heterocycles. The summed E-state index contributed by atoms with van der Waals surface area (Å²) in [6.45, 7) is 1.33. The van der Waals surface area contributed by atoms with Crippen molar-refractivity contribution in [2.75, 3.05) is 19.8 Å². The summed E-state index contributed by atoms with van der Waals surface area (Å²) in [7, 11) is 0. The Labute approximate surface area is 112 Å². The van der Waals surface area contributed by atoms with Crippen molar-refractivity contribution in [2.24, 2.45) is 5.41 Å². The van der Waals surface area contributed by atoms with Gasteiger partial charge in [0.05, 0.1) is 19.1 Å². The van der Waals surface area contributed by atoms with Crippen LogP contribution in [0.25, 0.3) is 0 Å². The second kappa shape index (κ2) is 4.85. The maximum atomic E-state index is 12.3. The summed E-state index contributed by atoms with van der Waals surface area (Å²) >= 11 is 0. The molecule has 1 aliphatic carbocycles. The van der Waals surface area contributed by atoms with Crippen molar-refractivity contribution in [1.29, 1.82) is 0 Å². The zero-order valence-electron chi connectivity index (χ0n) is 10.9. The highest BCUT2D eigenvalue weighted by atomic mass is 16.5. The van der Waals surface area contributed by atoms with Gasteiger partial charge in [0.2, 0.25) is 5.91 Å². The maximum absolute atomic E-state index is 12.3. The van der Waals surface area contributed by atoms with Gasteiger partial charge in [-0.2, -0.15) is 0 Å². The summed E-state index contributed by atoms with van der Waals surface area (Å²) in [6.07, 6.45) is 2.73. The Morgan fingerprint density at radius 2 is 2.21 bits per heavy atom. The number of fused-ring (bicyclic) bond motifs is 1. The van der Waals surface area contributed by atoms with Gasteiger partial charge in [0.1, 0.15) is 5.75 Å². The number of benzene rings is 1. The third-order valence-corrected chi connectivity index (χ3v) is 4.21. The van der Waals surface area contributed by atoms with Gasteiger partial charge in [-0.15, -0.1) is 0 Å². The van der Waals surface area contributed by atoms with Gasteiger partial charge in [0.25, 0.3) is 0 Å². The fourth-order valence-electron chi connectivity index (χ4n) is 2.58. The smallest absolute Gasteiger partial charge is 0.227 e. The van der Waals surface area contributed by atoms with E-state index in [1.165, 1.54) is 0 Å². The lowest BCUT2D eigenvalue weighted by molar-refractivity contribution is -0.123. The van der Waals surface area contributed by atoms with E-state index in [0.29, 0.717) is 13.2 Å². The SMILES string of the molecule is O=C(NCC1(CO)CC1)C1CCOc2ccccc21. The molecule has 0 aromatic heterocycles. The molecular weight excluding hydrogens is 242 g/mol. The number of nitrogens with one attached hydrogen (secondary N) is 1. The van der Waals surface area contributed by atoms with Crippen LogP contribution in [0.3, 0.4) is 0 Å². The number of carbonyl (C=O) groups excluding carboxylic acids is 1. The summed E-state index contributed by atoms with van der Waals surface area (Å²) < 4.78 is 5.56. The number of carbonyl (C=O) groups is 1. The van der Waals surface area contributed by atoms with Crippen LogP contribution in [0.1, 0.15) is 30.7 Å². The van der Waals surface area contributed by atoms with Crippen molar-refractivity contribution in [2.45, 2.75) is 25.2 Å². The van der Waals surface area contributed by atoms with E-state index >= 15 is 0 Å². The van der Waals surface area contributed by atoms with Crippen LogP contribution in [-0.4, -0.2) is 30.8 Å². The quantitative estimate of drug-likeness (QED) is 0.862. The van der Waals surface area contributed by atoms with Crippen molar-refractivity contribution in [3.8, 4) is 5.75 Å². The highest BCUT2D eigenvalue weighted by Crippen LogP contribution is 2.44. The lowest BCUT2D eigenvalue weighted by atomic mass is 9.92. The maximum Gasteiger partial charge on any atom is 0.227 e. The highest BCUT2D eigenvalue weighted by molar-refractivity contribution is 5.84. The van der Waals surface area contributed by atoms with E-state index < -0.39 is 0 Å². The molecule has 1 aromatic rings. The number of ether oxygens (including phenoxy) is 1. The molecule has 0 bridgehead atoms. The first kappa shape index (κ1) is 12.5. The number of rotatable bonds is 4. The van der Waals surface area contributed by atoms with E-state index in [0.717, 1.165) is 30.6 Å². The van der Waals surface area contributed by atoms with Crippen LogP contribution in [-0.2, 0) is 4.79 Å². The molecule has 2 aliphatic rings. The molecule has 1 heterocycles. The lowest BCUT2D eigenvalue weighted by Gasteiger charge is -2.25. The fraction of sp³-hybridized carbons (Fsp3) is 0.533. The molecule has 19 heavy (non-hydrogen) atoms. The average Bonchev–Trinajstić information content (AvgIpc) is 3.25. The van der Waals surface area contributed by atoms with Crippen molar-refractivity contribution in [3.05, 3.63) is 29.8 Å². The van der Waals surface area contributed by atoms with Crippen molar-refractivity contribution in [3.63, 3.8) is 0 Å². The van der Waals surface area contributed by atoms with Crippen molar-refractivity contribution >= 4 is 5.91 Å². The largest absolute Gasteiger partial charge is 0.493 e. The Morgan fingerprint density at radius 3 is 2.95 bits per heavy atom. The Bertz CT molecular complexity index is 482. The molecule has 0 radical (unpaired) electrons. The average molecular weight is 261 g/mol. The van der Waals surface area contributed by atoms with Crippen molar-refractivity contribution in [1.82, 2.24) is 5.32 Å². The molecule has 4 nitrogen and oxygen atoms in total. The minimum atomic E-state index is -0.126. The zero-order chi connectivity index (χ0) is 13.3. The van der Waals surface area contributed by atoms with Crippen LogP contribution in [0.5, 0.6) is 5.75 Å². The molecule has 1 saturated carbocycles. The Hall–Kier alpha value is -1.55. The molecule has 1 amide bonds. The van der Waals surface area contributed by atoms with E-state index in [9.17, 15) is 9.90 Å². The normalized spacial score (nSPS) is 23.1. The summed E-state index contributed by atoms with van der Waals surface area (Å²) in [5.74, 6) is 0.743. The number of para-hydroxylation sites is 1. The third-order valence-electron chi connectivity index (χ3n) is 4.21. The molecule has 102 valence electrons. The molecule has 3 rings (SSSR count). The van der Waals surface area contributed by atoms with Gasteiger partial charge in [-0.25, -0.2) is 0 Å². The van der Waals surface area contributed by atoms with Crippen molar-refractivity contribution < 1.29 is 14.6 Å². The minimum Gasteiger partial charge on any atom is -0.493 e. The van der Waals surface area contributed by atoms with E-state index in [2.05, 4.69) is 5.32 Å². The molecular formula is C15H19NO3. The molecule has 1 unspecified atom stereocenters. The molecule has 2 N–H and O–H groups in total. The lowest BCUT2D eigenvalue weighted by Crippen LogP contribution is -2.37. The van der Waals surface area contributed by atoms with Gasteiger partial charge in [-0.3, -0.25) is 4.79 Å². The summed E-state index contributed by atoms with van der Waals surface area (Å²) in [5.41, 5.74) is 0.931. The van der Waals surface area contributed by atoms with Crippen LogP contribution in [0.15, 0.2) is 24.3 Å². The molecule has 1 atom stereocenters. The Kier molecular flexibility index (Phi) is 3.19. The molecule has 1 fully saturated rings. The third kappa shape index (κ3) is 2.45. The van der Waals surface area contributed by atoms with E-state index in [1.54, 1.807) is 0 Å². The van der Waals surface area contributed by atoms with E-state index in [1.807, 2.05) is 24.3 Å². The molecule has 1 aromatic carbocycles. The van der Waals surface area contributed by atoms with Crippen LogP contribution in [0, 0.1) is 5.41 Å². The van der Waals surface area contributed by atoms with E-state index in [4.69, 9.17) is 4.74 Å². The Morgan fingerprint density at radius 1 is 1.42 bits per heavy atom. The van der Waals surface area contributed by atoms with Gasteiger partial charge in [0, 0.05) is 17.5 Å². The minimum absolute atomic E-state index is 0.0413. The topological polar surface area (TPSA) is 58.6 Å². The summed E-state index contributed by atoms with van der Waals surface area (Å²) in [5, 5.41) is 12.3. The number of aliphatic hydroxyl groups excluding tert-OH is 1. The monoisotopic (exact) mass is 261 g/mol. The van der Waals surface area contributed by atoms with Crippen LogP contribution in [0.2, 0.25) is 0 Å². The van der Waals surface area contributed by atoms with Gasteiger partial charge < -0.3 is 15.2 Å². The first-order valence-corrected chi connectivity index (χ1v) is 6.84. The second-order valence-corrected chi connectivity index (χ2v) is 5.60. The van der Waals surface area contributed by atoms with Gasteiger partial charge >= 0.3 is 0 Å². The van der Waals surface area contributed by atoms with Gasteiger partial charge in [-0.05, 0) is 25.3 Å². The van der Waals surface area contributed by atoms with Crippen LogP contribution in [0.4, 0.5) is 0 Å². The van der Waals surface area contributed by atoms with Crippen LogP contribution >= 0.6 is 0 Å². The predicted molar refractivity (Wildman–Crippen MR) is 71.1 cm³/mol. The number of hydrogen-bond acceptors (Lipinski definition) is 3. The molecule has 4 heteroatoms. The second-order valence-electron chi connectivity index (χ2n) is 5.60. The number of aliphatic hydroxyl groups is 1. The summed E-state index contributed by atoms with van der Waals surface area (Å²) in [4.78, 5) is 12.3. The number of hydrogen-bond donors (Lipinski definition) is 2.